The van der Waals surface area contributed by atoms with Crippen molar-refractivity contribution in [3.05, 3.63) is 29.8 Å². The number of sulfonamides is 1. The Kier molecular flexibility index (Phi) is 5.94. The van der Waals surface area contributed by atoms with Gasteiger partial charge >= 0.3 is 0 Å². The topological polar surface area (TPSA) is 101 Å². The summed E-state index contributed by atoms with van der Waals surface area (Å²) in [6, 6.07) is 5.69. The summed E-state index contributed by atoms with van der Waals surface area (Å²) < 4.78 is 27.0. The normalized spacial score (nSPS) is 16.4. The van der Waals surface area contributed by atoms with E-state index < -0.39 is 15.9 Å². The Balaban J connectivity index is 0.00000200. The van der Waals surface area contributed by atoms with Gasteiger partial charge in [0.05, 0.1) is 4.90 Å². The Labute approximate surface area is 124 Å². The highest BCUT2D eigenvalue weighted by Crippen LogP contribution is 2.13. The zero-order chi connectivity index (χ0) is 13.9. The van der Waals surface area contributed by atoms with Crippen molar-refractivity contribution in [2.24, 2.45) is 5.73 Å². The van der Waals surface area contributed by atoms with Crippen LogP contribution in [0.25, 0.3) is 0 Å². The van der Waals surface area contributed by atoms with Crippen molar-refractivity contribution in [1.82, 2.24) is 10.0 Å². The standard InChI is InChI=1S/C12H17N3O3S.ClH/c13-12(16)9-2-1-3-11(8-9)19(17,18)15-10-4-6-14-7-5-10;/h1-3,8,10,14-15H,4-7H2,(H2,13,16);1H. The average molecular weight is 320 g/mol. The van der Waals surface area contributed by atoms with Gasteiger partial charge in [0.15, 0.2) is 0 Å². The Morgan fingerprint density at radius 1 is 1.30 bits per heavy atom. The third kappa shape index (κ3) is 4.17. The molecule has 2 rings (SSSR count). The van der Waals surface area contributed by atoms with Crippen LogP contribution in [0, 0.1) is 0 Å². The highest BCUT2D eigenvalue weighted by Gasteiger charge is 2.22. The second kappa shape index (κ2) is 7.03. The molecule has 1 aliphatic heterocycles. The molecule has 0 aromatic heterocycles. The number of nitrogens with one attached hydrogen (secondary N) is 2. The number of nitrogens with two attached hydrogens (primary N) is 1. The Morgan fingerprint density at radius 2 is 1.95 bits per heavy atom. The number of carbonyl (C=O) groups is 1. The quantitative estimate of drug-likeness (QED) is 0.739. The molecule has 0 aliphatic carbocycles. The molecule has 1 aliphatic rings. The van der Waals surface area contributed by atoms with E-state index in [1.165, 1.54) is 24.3 Å². The molecule has 6 nitrogen and oxygen atoms in total. The summed E-state index contributed by atoms with van der Waals surface area (Å²) in [4.78, 5) is 11.1. The van der Waals surface area contributed by atoms with Crippen molar-refractivity contribution in [2.75, 3.05) is 13.1 Å². The lowest BCUT2D eigenvalue weighted by atomic mass is 10.1. The number of carbonyl (C=O) groups excluding carboxylic acids is 1. The van der Waals surface area contributed by atoms with E-state index in [-0.39, 0.29) is 28.9 Å². The van der Waals surface area contributed by atoms with Crippen LogP contribution < -0.4 is 15.8 Å². The third-order valence-electron chi connectivity index (χ3n) is 3.09. The van der Waals surface area contributed by atoms with Crippen molar-refractivity contribution in [3.63, 3.8) is 0 Å². The molecule has 0 unspecified atom stereocenters. The molecule has 1 amide bonds. The first kappa shape index (κ1) is 16.9. The number of piperidine rings is 1. The van der Waals surface area contributed by atoms with Crippen molar-refractivity contribution >= 4 is 28.3 Å². The fraction of sp³-hybridized carbons (Fsp3) is 0.417. The van der Waals surface area contributed by atoms with Crippen LogP contribution in [0.1, 0.15) is 23.2 Å². The minimum atomic E-state index is -3.60. The van der Waals surface area contributed by atoms with Gasteiger partial charge in [0, 0.05) is 11.6 Å². The summed E-state index contributed by atoms with van der Waals surface area (Å²) in [6.45, 7) is 1.60. The van der Waals surface area contributed by atoms with Crippen molar-refractivity contribution in [3.8, 4) is 0 Å². The first-order chi connectivity index (χ1) is 8.99. The SMILES string of the molecule is Cl.NC(=O)c1cccc(S(=O)(=O)NC2CCNCC2)c1. The summed E-state index contributed by atoms with van der Waals surface area (Å²) in [6.07, 6.45) is 1.52. The van der Waals surface area contributed by atoms with Gasteiger partial charge in [-0.25, -0.2) is 13.1 Å². The highest BCUT2D eigenvalue weighted by molar-refractivity contribution is 7.89. The predicted molar refractivity (Wildman–Crippen MR) is 78.4 cm³/mol. The van der Waals surface area contributed by atoms with Crippen LogP contribution in [0.3, 0.4) is 0 Å². The lowest BCUT2D eigenvalue weighted by Crippen LogP contribution is -2.42. The van der Waals surface area contributed by atoms with Gasteiger partial charge in [0.25, 0.3) is 0 Å². The molecule has 20 heavy (non-hydrogen) atoms. The average Bonchev–Trinajstić information content (AvgIpc) is 2.39. The lowest BCUT2D eigenvalue weighted by Gasteiger charge is -2.23. The van der Waals surface area contributed by atoms with Crippen LogP contribution in [-0.2, 0) is 10.0 Å². The van der Waals surface area contributed by atoms with Gasteiger partial charge < -0.3 is 11.1 Å². The number of hydrogen-bond donors (Lipinski definition) is 3. The molecule has 1 heterocycles. The molecule has 1 aromatic carbocycles. The zero-order valence-electron chi connectivity index (χ0n) is 10.8. The van der Waals surface area contributed by atoms with E-state index >= 15 is 0 Å². The number of benzene rings is 1. The van der Waals surface area contributed by atoms with E-state index in [9.17, 15) is 13.2 Å². The van der Waals surface area contributed by atoms with Crippen LogP contribution in [0.5, 0.6) is 0 Å². The first-order valence-corrected chi connectivity index (χ1v) is 7.60. The molecule has 8 heteroatoms. The molecular formula is C12H18ClN3O3S. The maximum absolute atomic E-state index is 12.2. The third-order valence-corrected chi connectivity index (χ3v) is 4.61. The number of amides is 1. The minimum absolute atomic E-state index is 0. The molecule has 1 aromatic rings. The minimum Gasteiger partial charge on any atom is -0.366 e. The molecule has 0 saturated carbocycles. The Morgan fingerprint density at radius 3 is 2.55 bits per heavy atom. The Bertz CT molecular complexity index is 571. The van der Waals surface area contributed by atoms with Crippen molar-refractivity contribution < 1.29 is 13.2 Å². The Hall–Kier alpha value is -1.15. The van der Waals surface area contributed by atoms with Gasteiger partial charge in [-0.15, -0.1) is 12.4 Å². The van der Waals surface area contributed by atoms with Gasteiger partial charge in [0.1, 0.15) is 0 Å². The molecule has 4 N–H and O–H groups in total. The van der Waals surface area contributed by atoms with Gasteiger partial charge in [-0.2, -0.15) is 0 Å². The second-order valence-corrected chi connectivity index (χ2v) is 6.25. The van der Waals surface area contributed by atoms with Crippen LogP contribution in [0.15, 0.2) is 29.2 Å². The van der Waals surface area contributed by atoms with Gasteiger partial charge in [0.2, 0.25) is 15.9 Å². The van der Waals surface area contributed by atoms with E-state index in [0.717, 1.165) is 25.9 Å². The maximum atomic E-state index is 12.2. The first-order valence-electron chi connectivity index (χ1n) is 6.12. The maximum Gasteiger partial charge on any atom is 0.248 e. The molecule has 0 bridgehead atoms. The van der Waals surface area contributed by atoms with Crippen LogP contribution >= 0.6 is 12.4 Å². The van der Waals surface area contributed by atoms with Crippen molar-refractivity contribution in [2.45, 2.75) is 23.8 Å². The van der Waals surface area contributed by atoms with E-state index in [0.29, 0.717) is 0 Å². The van der Waals surface area contributed by atoms with E-state index in [2.05, 4.69) is 10.0 Å². The molecule has 112 valence electrons. The van der Waals surface area contributed by atoms with Crippen molar-refractivity contribution in [1.29, 1.82) is 0 Å². The van der Waals surface area contributed by atoms with Gasteiger partial charge in [-0.05, 0) is 44.1 Å². The van der Waals surface area contributed by atoms with Crippen LogP contribution in [0.4, 0.5) is 0 Å². The smallest absolute Gasteiger partial charge is 0.248 e. The summed E-state index contributed by atoms with van der Waals surface area (Å²) >= 11 is 0. The fourth-order valence-corrected chi connectivity index (χ4v) is 3.39. The lowest BCUT2D eigenvalue weighted by molar-refractivity contribution is 0.1000. The molecule has 1 fully saturated rings. The highest BCUT2D eigenvalue weighted by atomic mass is 35.5. The molecular weight excluding hydrogens is 302 g/mol. The summed E-state index contributed by atoms with van der Waals surface area (Å²) in [7, 11) is -3.60. The number of rotatable bonds is 4. The van der Waals surface area contributed by atoms with Gasteiger partial charge in [-0.1, -0.05) is 6.07 Å². The van der Waals surface area contributed by atoms with Crippen LogP contribution in [-0.4, -0.2) is 33.5 Å². The predicted octanol–water partition coefficient (Wildman–Crippen LogP) is 0.238. The fourth-order valence-electron chi connectivity index (χ4n) is 2.04. The molecule has 0 spiro atoms. The molecule has 0 atom stereocenters. The van der Waals surface area contributed by atoms with E-state index in [1.807, 2.05) is 0 Å². The van der Waals surface area contributed by atoms with Crippen LogP contribution in [0.2, 0.25) is 0 Å². The van der Waals surface area contributed by atoms with Gasteiger partial charge in [-0.3, -0.25) is 4.79 Å². The molecule has 1 saturated heterocycles. The summed E-state index contributed by atoms with van der Waals surface area (Å²) in [5.74, 6) is -0.640. The summed E-state index contributed by atoms with van der Waals surface area (Å²) in [5, 5.41) is 3.17. The van der Waals surface area contributed by atoms with E-state index in [4.69, 9.17) is 5.73 Å². The summed E-state index contributed by atoms with van der Waals surface area (Å²) in [5.41, 5.74) is 5.34. The second-order valence-electron chi connectivity index (χ2n) is 4.54. The number of primary amides is 1. The monoisotopic (exact) mass is 319 g/mol. The molecule has 0 radical (unpaired) electrons. The number of hydrogen-bond acceptors (Lipinski definition) is 4. The number of halogens is 1. The zero-order valence-corrected chi connectivity index (χ0v) is 12.5. The van der Waals surface area contributed by atoms with E-state index in [1.54, 1.807) is 0 Å². The largest absolute Gasteiger partial charge is 0.366 e.